The third-order valence-corrected chi connectivity index (χ3v) is 3.78. The third-order valence-electron chi connectivity index (χ3n) is 2.51. The van der Waals surface area contributed by atoms with Gasteiger partial charge in [0.1, 0.15) is 0 Å². The van der Waals surface area contributed by atoms with E-state index < -0.39 is 0 Å². The summed E-state index contributed by atoms with van der Waals surface area (Å²) in [6, 6.07) is 0. The Morgan fingerprint density at radius 1 is 0.857 bits per heavy atom. The van der Waals surface area contributed by atoms with E-state index in [9.17, 15) is 0 Å². The molecule has 0 radical (unpaired) electrons. The van der Waals surface area contributed by atoms with Gasteiger partial charge in [-0.1, -0.05) is 27.2 Å². The van der Waals surface area contributed by atoms with Gasteiger partial charge in [0.05, 0.1) is 0 Å². The van der Waals surface area contributed by atoms with Crippen LogP contribution >= 0.6 is 11.8 Å². The zero-order valence-corrected chi connectivity index (χ0v) is 11.0. The minimum absolute atomic E-state index is 1.21. The molecule has 0 spiro atoms. The molecule has 0 bridgehead atoms. The normalized spacial score (nSPS) is 11.1. The molecule has 0 N–H and O–H groups in total. The first-order valence-corrected chi connectivity index (χ1v) is 7.30. The van der Waals surface area contributed by atoms with Crippen LogP contribution in [0, 0.1) is 0 Å². The summed E-state index contributed by atoms with van der Waals surface area (Å²) < 4.78 is 0. The van der Waals surface area contributed by atoms with Crippen molar-refractivity contribution in [1.82, 2.24) is 4.90 Å². The van der Waals surface area contributed by atoms with Crippen LogP contribution in [0.1, 0.15) is 46.5 Å². The monoisotopic (exact) mass is 217 g/mol. The van der Waals surface area contributed by atoms with E-state index in [2.05, 4.69) is 37.4 Å². The molecule has 1 nitrogen and oxygen atoms in total. The highest BCUT2D eigenvalue weighted by Crippen LogP contribution is 2.07. The fraction of sp³-hybridized carbons (Fsp3) is 1.00. The van der Waals surface area contributed by atoms with Gasteiger partial charge in [-0.2, -0.15) is 11.8 Å². The highest BCUT2D eigenvalue weighted by molar-refractivity contribution is 7.99. The standard InChI is InChI=1S/C12H27NS/c1-4-11-14-12-9-7-8-10-13(5-2)6-3/h4-12H2,1-3H3. The molecule has 0 rings (SSSR count). The Kier molecular flexibility index (Phi) is 11.6. The Morgan fingerprint density at radius 3 is 2.14 bits per heavy atom. The Morgan fingerprint density at radius 2 is 1.57 bits per heavy atom. The van der Waals surface area contributed by atoms with E-state index >= 15 is 0 Å². The van der Waals surface area contributed by atoms with Crippen molar-refractivity contribution in [3.63, 3.8) is 0 Å². The summed E-state index contributed by atoms with van der Waals surface area (Å²) in [4.78, 5) is 2.51. The first-order valence-electron chi connectivity index (χ1n) is 6.15. The van der Waals surface area contributed by atoms with Gasteiger partial charge in [0.15, 0.2) is 0 Å². The lowest BCUT2D eigenvalue weighted by Crippen LogP contribution is -2.23. The minimum Gasteiger partial charge on any atom is -0.304 e. The number of hydrogen-bond acceptors (Lipinski definition) is 2. The van der Waals surface area contributed by atoms with Crippen molar-refractivity contribution < 1.29 is 0 Å². The minimum atomic E-state index is 1.21. The number of unbranched alkanes of at least 4 members (excludes halogenated alkanes) is 2. The largest absolute Gasteiger partial charge is 0.304 e. The zero-order chi connectivity index (χ0) is 10.6. The fourth-order valence-electron chi connectivity index (χ4n) is 1.50. The summed E-state index contributed by atoms with van der Waals surface area (Å²) in [6.07, 6.45) is 5.53. The van der Waals surface area contributed by atoms with Gasteiger partial charge in [-0.25, -0.2) is 0 Å². The number of hydrogen-bond donors (Lipinski definition) is 0. The average Bonchev–Trinajstić information content (AvgIpc) is 2.22. The Hall–Kier alpha value is 0.310. The maximum atomic E-state index is 2.51. The third kappa shape index (κ3) is 8.89. The highest BCUT2D eigenvalue weighted by Gasteiger charge is 1.97. The smallest absolute Gasteiger partial charge is 0.00190 e. The number of rotatable bonds is 10. The van der Waals surface area contributed by atoms with Crippen molar-refractivity contribution in [2.75, 3.05) is 31.1 Å². The molecule has 14 heavy (non-hydrogen) atoms. The maximum Gasteiger partial charge on any atom is -0.00190 e. The molecule has 0 aromatic heterocycles. The van der Waals surface area contributed by atoms with Gasteiger partial charge in [-0.3, -0.25) is 0 Å². The van der Waals surface area contributed by atoms with Crippen LogP contribution in [0.3, 0.4) is 0 Å². The predicted molar refractivity (Wildman–Crippen MR) is 69.3 cm³/mol. The summed E-state index contributed by atoms with van der Waals surface area (Å²) in [5.74, 6) is 2.71. The molecule has 86 valence electrons. The molecule has 0 fully saturated rings. The molecule has 0 amide bonds. The van der Waals surface area contributed by atoms with Gasteiger partial charge in [-0.15, -0.1) is 0 Å². The van der Waals surface area contributed by atoms with Crippen LogP contribution in [0.4, 0.5) is 0 Å². The molecule has 0 aliphatic rings. The van der Waals surface area contributed by atoms with E-state index in [1.165, 1.54) is 56.8 Å². The van der Waals surface area contributed by atoms with E-state index in [0.717, 1.165) is 0 Å². The van der Waals surface area contributed by atoms with Crippen LogP contribution in [-0.2, 0) is 0 Å². The van der Waals surface area contributed by atoms with E-state index in [-0.39, 0.29) is 0 Å². The molecule has 2 heteroatoms. The van der Waals surface area contributed by atoms with Gasteiger partial charge >= 0.3 is 0 Å². The number of thioether (sulfide) groups is 1. The van der Waals surface area contributed by atoms with E-state index in [1.807, 2.05) is 0 Å². The topological polar surface area (TPSA) is 3.24 Å². The first-order chi connectivity index (χ1) is 6.85. The van der Waals surface area contributed by atoms with Gasteiger partial charge in [0.25, 0.3) is 0 Å². The van der Waals surface area contributed by atoms with Crippen LogP contribution in [0.15, 0.2) is 0 Å². The molecule has 0 heterocycles. The lowest BCUT2D eigenvalue weighted by Gasteiger charge is -2.17. The van der Waals surface area contributed by atoms with E-state index in [4.69, 9.17) is 0 Å². The van der Waals surface area contributed by atoms with Crippen molar-refractivity contribution in [1.29, 1.82) is 0 Å². The van der Waals surface area contributed by atoms with Gasteiger partial charge in [-0.05, 0) is 50.4 Å². The van der Waals surface area contributed by atoms with Crippen LogP contribution in [0.25, 0.3) is 0 Å². The van der Waals surface area contributed by atoms with Crippen molar-refractivity contribution >= 4 is 11.8 Å². The second-order valence-corrected chi connectivity index (χ2v) is 4.92. The Balaban J connectivity index is 3.04. The van der Waals surface area contributed by atoms with E-state index in [1.54, 1.807) is 0 Å². The molecule has 0 saturated heterocycles. The second-order valence-electron chi connectivity index (χ2n) is 3.70. The van der Waals surface area contributed by atoms with Crippen LogP contribution < -0.4 is 0 Å². The van der Waals surface area contributed by atoms with Gasteiger partial charge < -0.3 is 4.90 Å². The highest BCUT2D eigenvalue weighted by atomic mass is 32.2. The summed E-state index contributed by atoms with van der Waals surface area (Å²) in [5.41, 5.74) is 0. The van der Waals surface area contributed by atoms with Crippen molar-refractivity contribution in [3.8, 4) is 0 Å². The van der Waals surface area contributed by atoms with Crippen molar-refractivity contribution in [3.05, 3.63) is 0 Å². The van der Waals surface area contributed by atoms with Crippen molar-refractivity contribution in [2.45, 2.75) is 46.5 Å². The Labute approximate surface area is 94.6 Å². The molecule has 0 aliphatic carbocycles. The molecule has 0 saturated carbocycles. The molecule has 0 aliphatic heterocycles. The van der Waals surface area contributed by atoms with E-state index in [0.29, 0.717) is 0 Å². The second kappa shape index (κ2) is 11.4. The molecular weight excluding hydrogens is 190 g/mol. The molecule has 0 atom stereocenters. The average molecular weight is 217 g/mol. The molecular formula is C12H27NS. The van der Waals surface area contributed by atoms with Crippen LogP contribution in [0.5, 0.6) is 0 Å². The molecule has 0 unspecified atom stereocenters. The Bertz CT molecular complexity index is 102. The molecule has 0 aromatic rings. The lowest BCUT2D eigenvalue weighted by atomic mass is 10.2. The summed E-state index contributed by atoms with van der Waals surface area (Å²) >= 11 is 2.11. The van der Waals surface area contributed by atoms with Crippen molar-refractivity contribution in [2.24, 2.45) is 0 Å². The lowest BCUT2D eigenvalue weighted by molar-refractivity contribution is 0.296. The quantitative estimate of drug-likeness (QED) is 0.514. The predicted octanol–water partition coefficient (Wildman–Crippen LogP) is 3.64. The SMILES string of the molecule is CCCSCCCCCN(CC)CC. The molecule has 0 aromatic carbocycles. The van der Waals surface area contributed by atoms with Gasteiger partial charge in [0.2, 0.25) is 0 Å². The zero-order valence-electron chi connectivity index (χ0n) is 10.2. The van der Waals surface area contributed by atoms with Crippen LogP contribution in [-0.4, -0.2) is 36.0 Å². The maximum absolute atomic E-state index is 2.51. The summed E-state index contributed by atoms with van der Waals surface area (Å²) in [7, 11) is 0. The number of nitrogens with zero attached hydrogens (tertiary/aromatic N) is 1. The summed E-state index contributed by atoms with van der Waals surface area (Å²) in [6.45, 7) is 10.5. The summed E-state index contributed by atoms with van der Waals surface area (Å²) in [5, 5.41) is 0. The first kappa shape index (κ1) is 14.3. The van der Waals surface area contributed by atoms with Crippen LogP contribution in [0.2, 0.25) is 0 Å². The van der Waals surface area contributed by atoms with Gasteiger partial charge in [0, 0.05) is 0 Å². The fourth-order valence-corrected chi connectivity index (χ4v) is 2.40.